The number of hydrogen-bond donors (Lipinski definition) is 0. The van der Waals surface area contributed by atoms with Crippen molar-refractivity contribution in [2.75, 3.05) is 25.2 Å². The van der Waals surface area contributed by atoms with Crippen LogP contribution >= 0.6 is 0 Å². The first kappa shape index (κ1) is 20.6. The fourth-order valence-electron chi connectivity index (χ4n) is 5.35. The second kappa shape index (κ2) is 8.02. The molecule has 3 heterocycles. The molecule has 2 aromatic carbocycles. The zero-order valence-electron chi connectivity index (χ0n) is 18.2. The molecule has 6 nitrogen and oxygen atoms in total. The summed E-state index contributed by atoms with van der Waals surface area (Å²) in [6, 6.07) is 14.2. The molecular weight excluding hydrogens is 404 g/mol. The molecule has 5 rings (SSSR count). The minimum absolute atomic E-state index is 0.118. The predicted octanol–water partition coefficient (Wildman–Crippen LogP) is 3.10. The number of nitrogens with zero attached hydrogens (tertiary/aromatic N) is 2. The largest absolute Gasteiger partial charge is 0.385 e. The summed E-state index contributed by atoms with van der Waals surface area (Å²) >= 11 is 0. The van der Waals surface area contributed by atoms with Gasteiger partial charge >= 0.3 is 0 Å². The number of anilines is 1. The van der Waals surface area contributed by atoms with Gasteiger partial charge in [0.25, 0.3) is 0 Å². The maximum Gasteiger partial charge on any atom is 0.235 e. The average Bonchev–Trinajstić information content (AvgIpc) is 3.28. The molecule has 0 aromatic heterocycles. The van der Waals surface area contributed by atoms with Crippen molar-refractivity contribution in [2.24, 2.45) is 11.8 Å². The van der Waals surface area contributed by atoms with Crippen molar-refractivity contribution < 1.29 is 19.1 Å². The van der Waals surface area contributed by atoms with Crippen molar-refractivity contribution in [1.82, 2.24) is 4.90 Å². The third-order valence-corrected chi connectivity index (χ3v) is 6.84. The molecule has 2 fully saturated rings. The first-order valence-electron chi connectivity index (χ1n) is 11.0. The molecule has 0 spiro atoms. The van der Waals surface area contributed by atoms with Crippen molar-refractivity contribution in [1.29, 1.82) is 0 Å². The lowest BCUT2D eigenvalue weighted by molar-refractivity contribution is -0.140. The zero-order chi connectivity index (χ0) is 22.4. The molecule has 2 amide bonds. The topological polar surface area (TPSA) is 66.9 Å². The van der Waals surface area contributed by atoms with Crippen molar-refractivity contribution >= 4 is 29.4 Å². The lowest BCUT2D eigenvalue weighted by atomic mass is 9.86. The van der Waals surface area contributed by atoms with E-state index < -0.39 is 17.9 Å². The van der Waals surface area contributed by atoms with Gasteiger partial charge in [0.05, 0.1) is 17.9 Å². The summed E-state index contributed by atoms with van der Waals surface area (Å²) in [7, 11) is 1.60. The summed E-state index contributed by atoms with van der Waals surface area (Å²) in [6.45, 7) is 2.76. The molecule has 0 saturated carbocycles. The third-order valence-electron chi connectivity index (χ3n) is 6.84. The number of carbonyl (C=O) groups is 3. The van der Waals surface area contributed by atoms with Gasteiger partial charge in [0, 0.05) is 31.5 Å². The standard InChI is InChI=1S/C26H26N2O4/c1-16-8-10-18(11-9-16)24(29)23-22-21(25(30)27(26(22)31)14-5-15-32-2)20-13-12-17-6-3-4-7-19(17)28(20)23/h3-4,6-13,20-23H,5,14-15H2,1-2H3/t20-,21-,22-,23+/m0/s1. The summed E-state index contributed by atoms with van der Waals surface area (Å²) < 4.78 is 5.10. The molecule has 164 valence electrons. The van der Waals surface area contributed by atoms with Gasteiger partial charge < -0.3 is 9.64 Å². The lowest BCUT2D eigenvalue weighted by Crippen LogP contribution is -2.48. The Labute approximate surface area is 187 Å². The van der Waals surface area contributed by atoms with Gasteiger partial charge in [-0.2, -0.15) is 0 Å². The normalized spacial score (nSPS) is 25.7. The fraction of sp³-hybridized carbons (Fsp3) is 0.346. The predicted molar refractivity (Wildman–Crippen MR) is 121 cm³/mol. The number of imide groups is 1. The van der Waals surface area contributed by atoms with Crippen molar-refractivity contribution in [3.05, 3.63) is 71.3 Å². The van der Waals surface area contributed by atoms with E-state index in [1.807, 2.05) is 72.5 Å². The second-order valence-electron chi connectivity index (χ2n) is 8.72. The molecule has 2 aromatic rings. The summed E-state index contributed by atoms with van der Waals surface area (Å²) in [5, 5.41) is 0. The summed E-state index contributed by atoms with van der Waals surface area (Å²) in [5.74, 6) is -1.81. The molecule has 0 radical (unpaired) electrons. The van der Waals surface area contributed by atoms with E-state index in [-0.39, 0.29) is 23.6 Å². The molecule has 0 unspecified atom stereocenters. The quantitative estimate of drug-likeness (QED) is 0.400. The SMILES string of the molecule is COCCCN1C(=O)[C@@H]2[C@H](C1=O)[C@H](C(=O)c1ccc(C)cc1)N1c3ccccc3C=C[C@@H]21. The Bertz CT molecular complexity index is 1110. The summed E-state index contributed by atoms with van der Waals surface area (Å²) in [4.78, 5) is 44.1. The number of aryl methyl sites for hydroxylation is 1. The van der Waals surface area contributed by atoms with Gasteiger partial charge in [-0.3, -0.25) is 19.3 Å². The highest BCUT2D eigenvalue weighted by Crippen LogP contribution is 2.49. The van der Waals surface area contributed by atoms with Gasteiger partial charge in [-0.1, -0.05) is 60.2 Å². The van der Waals surface area contributed by atoms with E-state index >= 15 is 0 Å². The number of hydrogen-bond acceptors (Lipinski definition) is 5. The van der Waals surface area contributed by atoms with E-state index in [0.717, 1.165) is 16.8 Å². The van der Waals surface area contributed by atoms with Crippen molar-refractivity contribution in [2.45, 2.75) is 25.4 Å². The van der Waals surface area contributed by atoms with Gasteiger partial charge in [0.15, 0.2) is 5.78 Å². The van der Waals surface area contributed by atoms with Crippen LogP contribution in [0.4, 0.5) is 5.69 Å². The molecular formula is C26H26N2O4. The van der Waals surface area contributed by atoms with E-state index in [9.17, 15) is 14.4 Å². The smallest absolute Gasteiger partial charge is 0.235 e. The number of ether oxygens (including phenoxy) is 1. The number of fused-ring (bicyclic) bond motifs is 5. The number of para-hydroxylation sites is 1. The molecule has 0 N–H and O–H groups in total. The van der Waals surface area contributed by atoms with Gasteiger partial charge in [0.1, 0.15) is 6.04 Å². The highest BCUT2D eigenvalue weighted by Gasteiger charge is 2.63. The Balaban J connectivity index is 1.58. The summed E-state index contributed by atoms with van der Waals surface area (Å²) in [5.41, 5.74) is 3.50. The Hall–Kier alpha value is -3.25. The Morgan fingerprint density at radius 1 is 1.00 bits per heavy atom. The van der Waals surface area contributed by atoms with Gasteiger partial charge in [-0.05, 0) is 25.0 Å². The van der Waals surface area contributed by atoms with Crippen LogP contribution in [0.5, 0.6) is 0 Å². The molecule has 4 atom stereocenters. The molecule has 2 saturated heterocycles. The van der Waals surface area contributed by atoms with Crippen LogP contribution in [0.15, 0.2) is 54.6 Å². The number of methoxy groups -OCH3 is 1. The van der Waals surface area contributed by atoms with E-state index in [1.54, 1.807) is 7.11 Å². The molecule has 3 aliphatic rings. The Kier molecular flexibility index (Phi) is 5.18. The number of benzene rings is 2. The number of likely N-dealkylation sites (tertiary alicyclic amines) is 1. The molecule has 3 aliphatic heterocycles. The highest BCUT2D eigenvalue weighted by atomic mass is 16.5. The van der Waals surface area contributed by atoms with Gasteiger partial charge in [-0.15, -0.1) is 0 Å². The minimum Gasteiger partial charge on any atom is -0.385 e. The number of ketones is 1. The van der Waals surface area contributed by atoms with Crippen LogP contribution in [0.1, 0.15) is 27.9 Å². The first-order chi connectivity index (χ1) is 15.5. The maximum atomic E-state index is 13.8. The monoisotopic (exact) mass is 430 g/mol. The zero-order valence-corrected chi connectivity index (χ0v) is 18.2. The number of Topliss-reactive ketones (excluding diaryl/α,β-unsaturated/α-hetero) is 1. The van der Waals surface area contributed by atoms with Crippen LogP contribution in [-0.2, 0) is 14.3 Å². The number of rotatable bonds is 6. The first-order valence-corrected chi connectivity index (χ1v) is 11.0. The van der Waals surface area contributed by atoms with Crippen LogP contribution in [0.3, 0.4) is 0 Å². The second-order valence-corrected chi connectivity index (χ2v) is 8.72. The highest BCUT2D eigenvalue weighted by molar-refractivity contribution is 6.14. The van der Waals surface area contributed by atoms with Crippen molar-refractivity contribution in [3.8, 4) is 0 Å². The van der Waals surface area contributed by atoms with Crippen molar-refractivity contribution in [3.63, 3.8) is 0 Å². The molecule has 32 heavy (non-hydrogen) atoms. The van der Waals surface area contributed by atoms with E-state index in [1.165, 1.54) is 4.90 Å². The number of amides is 2. The lowest BCUT2D eigenvalue weighted by Gasteiger charge is -2.36. The van der Waals surface area contributed by atoms with Crippen LogP contribution < -0.4 is 4.90 Å². The third kappa shape index (κ3) is 3.09. The maximum absolute atomic E-state index is 13.8. The van der Waals surface area contributed by atoms with Gasteiger partial charge in [0.2, 0.25) is 11.8 Å². The molecule has 6 heteroatoms. The Morgan fingerprint density at radius 2 is 1.72 bits per heavy atom. The van der Waals surface area contributed by atoms with Crippen LogP contribution in [-0.4, -0.2) is 54.8 Å². The number of carbonyl (C=O) groups excluding carboxylic acids is 3. The minimum atomic E-state index is -0.720. The van der Waals surface area contributed by atoms with E-state index in [4.69, 9.17) is 4.74 Å². The van der Waals surface area contributed by atoms with Gasteiger partial charge in [-0.25, -0.2) is 0 Å². The Morgan fingerprint density at radius 3 is 2.47 bits per heavy atom. The summed E-state index contributed by atoms with van der Waals surface area (Å²) in [6.07, 6.45) is 4.56. The fourth-order valence-corrected chi connectivity index (χ4v) is 5.35. The van der Waals surface area contributed by atoms with E-state index in [2.05, 4.69) is 0 Å². The van der Waals surface area contributed by atoms with Crippen LogP contribution in [0.2, 0.25) is 0 Å². The van der Waals surface area contributed by atoms with Crippen LogP contribution in [0, 0.1) is 18.8 Å². The molecule has 0 aliphatic carbocycles. The van der Waals surface area contributed by atoms with E-state index in [0.29, 0.717) is 25.1 Å². The molecule has 0 bridgehead atoms. The average molecular weight is 431 g/mol. The van der Waals surface area contributed by atoms with Crippen LogP contribution in [0.25, 0.3) is 6.08 Å².